The van der Waals surface area contributed by atoms with Gasteiger partial charge in [0, 0.05) is 12.1 Å². The fraction of sp³-hybridized carbons (Fsp3) is 0.800. The van der Waals surface area contributed by atoms with Crippen LogP contribution in [0.15, 0.2) is 4.99 Å². The summed E-state index contributed by atoms with van der Waals surface area (Å²) in [5.41, 5.74) is 2.45. The highest BCUT2D eigenvalue weighted by Gasteiger charge is 2.25. The fourth-order valence-corrected chi connectivity index (χ4v) is 1.19. The van der Waals surface area contributed by atoms with Gasteiger partial charge in [0.1, 0.15) is 6.04 Å². The fourth-order valence-electron chi connectivity index (χ4n) is 1.19. The van der Waals surface area contributed by atoms with Crippen molar-refractivity contribution in [1.82, 2.24) is 16.1 Å². The van der Waals surface area contributed by atoms with E-state index in [4.69, 9.17) is 5.84 Å². The molecule has 1 rings (SSSR count). The highest BCUT2D eigenvalue weighted by molar-refractivity contribution is 5.87. The zero-order valence-electron chi connectivity index (χ0n) is 10.1. The molecule has 1 fully saturated rings. The van der Waals surface area contributed by atoms with Gasteiger partial charge in [-0.25, -0.2) is 10.8 Å². The van der Waals surface area contributed by atoms with E-state index in [1.807, 2.05) is 13.8 Å². The van der Waals surface area contributed by atoms with Crippen molar-refractivity contribution in [3.8, 4) is 0 Å². The second-order valence-electron chi connectivity index (χ2n) is 4.38. The Morgan fingerprint density at radius 1 is 1.38 bits per heavy atom. The zero-order valence-corrected chi connectivity index (χ0v) is 10.1. The Kier molecular flexibility index (Phi) is 4.54. The number of carbonyl (C=O) groups excluding carboxylic acids is 1. The highest BCUT2D eigenvalue weighted by Crippen LogP contribution is 2.18. The van der Waals surface area contributed by atoms with E-state index in [0.29, 0.717) is 12.0 Å². The summed E-state index contributed by atoms with van der Waals surface area (Å²) in [6, 6.07) is 0.142. The molecule has 0 aromatic heterocycles. The van der Waals surface area contributed by atoms with E-state index >= 15 is 0 Å². The molecule has 16 heavy (non-hydrogen) atoms. The Morgan fingerprint density at radius 3 is 2.44 bits per heavy atom. The molecule has 0 heterocycles. The molecular formula is C10H21N5O. The number of nitrogens with zero attached hydrogens (tertiary/aromatic N) is 1. The lowest BCUT2D eigenvalue weighted by atomic mass is 10.3. The number of guanidine groups is 1. The lowest BCUT2D eigenvalue weighted by molar-refractivity contribution is -0.122. The first-order valence-corrected chi connectivity index (χ1v) is 5.64. The lowest BCUT2D eigenvalue weighted by Gasteiger charge is -2.14. The van der Waals surface area contributed by atoms with Gasteiger partial charge in [0.05, 0.1) is 0 Å². The Bertz CT molecular complexity index is 272. The summed E-state index contributed by atoms with van der Waals surface area (Å²) < 4.78 is 0. The third-order valence-corrected chi connectivity index (χ3v) is 2.19. The van der Waals surface area contributed by atoms with Crippen LogP contribution in [0.25, 0.3) is 0 Å². The monoisotopic (exact) mass is 227 g/mol. The smallest absolute Gasteiger partial charge is 0.244 e. The van der Waals surface area contributed by atoms with Crippen molar-refractivity contribution < 1.29 is 4.79 Å². The minimum Gasteiger partial charge on any atom is -0.353 e. The predicted molar refractivity (Wildman–Crippen MR) is 63.7 cm³/mol. The second-order valence-corrected chi connectivity index (χ2v) is 4.38. The van der Waals surface area contributed by atoms with Gasteiger partial charge in [-0.1, -0.05) is 0 Å². The number of hydrogen-bond donors (Lipinski definition) is 4. The van der Waals surface area contributed by atoms with E-state index in [2.05, 4.69) is 21.1 Å². The number of aliphatic imine (C=N–C) groups is 1. The first kappa shape index (κ1) is 12.8. The average molecular weight is 227 g/mol. The number of rotatable bonds is 4. The quantitative estimate of drug-likeness (QED) is 0.225. The normalized spacial score (nSPS) is 18.2. The minimum absolute atomic E-state index is 0.0548. The molecule has 6 heteroatoms. The first-order chi connectivity index (χ1) is 7.52. The molecule has 0 aromatic carbocycles. The van der Waals surface area contributed by atoms with Gasteiger partial charge in [0.15, 0.2) is 0 Å². The molecule has 0 spiro atoms. The van der Waals surface area contributed by atoms with Crippen LogP contribution >= 0.6 is 0 Å². The summed E-state index contributed by atoms with van der Waals surface area (Å²) in [4.78, 5) is 15.8. The molecule has 5 N–H and O–H groups in total. The van der Waals surface area contributed by atoms with Crippen LogP contribution in [0.2, 0.25) is 0 Å². The number of hydrazine groups is 1. The van der Waals surface area contributed by atoms with Gasteiger partial charge in [-0.15, -0.1) is 0 Å². The maximum absolute atomic E-state index is 11.6. The van der Waals surface area contributed by atoms with Crippen LogP contribution in [-0.2, 0) is 4.79 Å². The van der Waals surface area contributed by atoms with Crippen molar-refractivity contribution >= 4 is 11.9 Å². The SMILES string of the molecule is CC(C)NC(=NC(C)C(=O)NC1CC1)NN. The topological polar surface area (TPSA) is 91.5 Å². The predicted octanol–water partition coefficient (Wildman–Crippen LogP) is -0.529. The maximum Gasteiger partial charge on any atom is 0.244 e. The third-order valence-electron chi connectivity index (χ3n) is 2.19. The second kappa shape index (κ2) is 5.69. The zero-order chi connectivity index (χ0) is 12.1. The number of nitrogens with one attached hydrogen (secondary N) is 3. The molecule has 1 saturated carbocycles. The van der Waals surface area contributed by atoms with Crippen molar-refractivity contribution in [2.75, 3.05) is 0 Å². The summed E-state index contributed by atoms with van der Waals surface area (Å²) >= 11 is 0. The first-order valence-electron chi connectivity index (χ1n) is 5.64. The van der Waals surface area contributed by atoms with Crippen LogP contribution in [0.1, 0.15) is 33.6 Å². The van der Waals surface area contributed by atoms with Gasteiger partial charge < -0.3 is 10.6 Å². The van der Waals surface area contributed by atoms with E-state index in [9.17, 15) is 4.79 Å². The summed E-state index contributed by atoms with van der Waals surface area (Å²) in [6.07, 6.45) is 2.16. The Morgan fingerprint density at radius 2 is 2.00 bits per heavy atom. The molecule has 0 radical (unpaired) electrons. The maximum atomic E-state index is 11.6. The van der Waals surface area contributed by atoms with Crippen molar-refractivity contribution in [2.45, 2.75) is 51.7 Å². The largest absolute Gasteiger partial charge is 0.353 e. The van der Waals surface area contributed by atoms with E-state index in [-0.39, 0.29) is 11.9 Å². The van der Waals surface area contributed by atoms with Gasteiger partial charge in [-0.2, -0.15) is 0 Å². The summed E-state index contributed by atoms with van der Waals surface area (Å²) in [5, 5.41) is 5.91. The van der Waals surface area contributed by atoms with Gasteiger partial charge in [0.25, 0.3) is 0 Å². The molecule has 0 bridgehead atoms. The summed E-state index contributed by atoms with van der Waals surface area (Å²) in [5.74, 6) is 5.69. The van der Waals surface area contributed by atoms with Crippen LogP contribution in [0.3, 0.4) is 0 Å². The third kappa shape index (κ3) is 4.48. The number of amides is 1. The molecule has 0 saturated heterocycles. The molecule has 1 aliphatic rings. The molecule has 6 nitrogen and oxygen atoms in total. The van der Waals surface area contributed by atoms with Crippen LogP contribution in [0.5, 0.6) is 0 Å². The van der Waals surface area contributed by atoms with Crippen LogP contribution in [-0.4, -0.2) is 30.0 Å². The van der Waals surface area contributed by atoms with Crippen LogP contribution in [0.4, 0.5) is 0 Å². The van der Waals surface area contributed by atoms with Gasteiger partial charge >= 0.3 is 0 Å². The highest BCUT2D eigenvalue weighted by atomic mass is 16.2. The Balaban J connectivity index is 2.46. The molecule has 0 aromatic rings. The standard InChI is InChI=1S/C10H21N5O/c1-6(2)12-10(15-11)13-7(3)9(16)14-8-4-5-8/h6-8H,4-5,11H2,1-3H3,(H,14,16)(H2,12,13,15). The summed E-state index contributed by atoms with van der Waals surface area (Å²) in [7, 11) is 0. The van der Waals surface area contributed by atoms with E-state index in [0.717, 1.165) is 12.8 Å². The van der Waals surface area contributed by atoms with E-state index < -0.39 is 6.04 Å². The van der Waals surface area contributed by atoms with E-state index in [1.165, 1.54) is 0 Å². The molecule has 1 amide bonds. The number of hydrogen-bond acceptors (Lipinski definition) is 3. The molecular weight excluding hydrogens is 206 g/mol. The van der Waals surface area contributed by atoms with Crippen molar-refractivity contribution in [3.63, 3.8) is 0 Å². The molecule has 0 aliphatic heterocycles. The lowest BCUT2D eigenvalue weighted by Crippen LogP contribution is -2.46. The number of carbonyl (C=O) groups is 1. The van der Waals surface area contributed by atoms with Gasteiger partial charge in [-0.3, -0.25) is 10.2 Å². The molecule has 1 atom stereocenters. The van der Waals surface area contributed by atoms with Gasteiger partial charge in [0.2, 0.25) is 11.9 Å². The minimum atomic E-state index is -0.433. The Hall–Kier alpha value is -1.30. The molecule has 1 unspecified atom stereocenters. The van der Waals surface area contributed by atoms with Crippen molar-refractivity contribution in [3.05, 3.63) is 0 Å². The molecule has 1 aliphatic carbocycles. The average Bonchev–Trinajstić information content (AvgIpc) is 2.99. The van der Waals surface area contributed by atoms with Crippen LogP contribution in [0, 0.1) is 0 Å². The summed E-state index contributed by atoms with van der Waals surface area (Å²) in [6.45, 7) is 5.70. The van der Waals surface area contributed by atoms with Crippen molar-refractivity contribution in [1.29, 1.82) is 0 Å². The van der Waals surface area contributed by atoms with Crippen molar-refractivity contribution in [2.24, 2.45) is 10.8 Å². The van der Waals surface area contributed by atoms with Crippen LogP contribution < -0.4 is 21.9 Å². The van der Waals surface area contributed by atoms with E-state index in [1.54, 1.807) is 6.92 Å². The molecule has 92 valence electrons. The van der Waals surface area contributed by atoms with Gasteiger partial charge in [-0.05, 0) is 33.6 Å². The number of nitrogens with two attached hydrogens (primary N) is 1. The Labute approximate surface area is 96.0 Å².